The van der Waals surface area contributed by atoms with E-state index >= 15 is 0 Å². The highest BCUT2D eigenvalue weighted by Crippen LogP contribution is 2.30. The standard InChI is InChI=1S/C17H12F3NO2S/c1-9-12(5-3-6-13(9)23-17(19)20)21-16(22)15-8-10-11(18)4-2-7-14(10)24-15/h2-8,17H,1H3,(H,21,22). The molecule has 0 saturated carbocycles. The van der Waals surface area contributed by atoms with Crippen molar-refractivity contribution < 1.29 is 22.7 Å². The molecule has 0 aliphatic rings. The van der Waals surface area contributed by atoms with Crippen LogP contribution >= 0.6 is 11.3 Å². The lowest BCUT2D eigenvalue weighted by molar-refractivity contribution is -0.0502. The van der Waals surface area contributed by atoms with E-state index in [-0.39, 0.29) is 5.75 Å². The number of thiophene rings is 1. The van der Waals surface area contributed by atoms with Crippen LogP contribution in [0.3, 0.4) is 0 Å². The van der Waals surface area contributed by atoms with E-state index in [1.54, 1.807) is 25.1 Å². The van der Waals surface area contributed by atoms with Crippen LogP contribution < -0.4 is 10.1 Å². The number of ether oxygens (including phenoxy) is 1. The van der Waals surface area contributed by atoms with E-state index in [0.29, 0.717) is 26.2 Å². The number of amides is 1. The van der Waals surface area contributed by atoms with Gasteiger partial charge in [0.1, 0.15) is 11.6 Å². The molecule has 0 radical (unpaired) electrons. The van der Waals surface area contributed by atoms with Crippen molar-refractivity contribution in [3.05, 3.63) is 58.7 Å². The van der Waals surface area contributed by atoms with Crippen LogP contribution in [0.5, 0.6) is 5.75 Å². The molecule has 0 atom stereocenters. The van der Waals surface area contributed by atoms with Gasteiger partial charge in [0, 0.05) is 21.3 Å². The summed E-state index contributed by atoms with van der Waals surface area (Å²) in [4.78, 5) is 12.7. The van der Waals surface area contributed by atoms with E-state index in [2.05, 4.69) is 10.1 Å². The zero-order valence-electron chi connectivity index (χ0n) is 12.5. The largest absolute Gasteiger partial charge is 0.434 e. The number of carbonyl (C=O) groups excluding carboxylic acids is 1. The molecule has 24 heavy (non-hydrogen) atoms. The van der Waals surface area contributed by atoms with Gasteiger partial charge in [0.05, 0.1) is 4.88 Å². The number of benzene rings is 2. The molecule has 3 aromatic rings. The molecule has 7 heteroatoms. The van der Waals surface area contributed by atoms with Gasteiger partial charge in [-0.15, -0.1) is 11.3 Å². The molecule has 0 aliphatic carbocycles. The minimum Gasteiger partial charge on any atom is -0.434 e. The minimum atomic E-state index is -2.94. The molecule has 1 heterocycles. The fourth-order valence-corrected chi connectivity index (χ4v) is 3.27. The quantitative estimate of drug-likeness (QED) is 0.701. The molecule has 0 aliphatic heterocycles. The van der Waals surface area contributed by atoms with Gasteiger partial charge in [0.15, 0.2) is 0 Å². The maximum atomic E-state index is 13.7. The first-order valence-electron chi connectivity index (χ1n) is 6.99. The van der Waals surface area contributed by atoms with Crippen molar-refractivity contribution >= 4 is 33.0 Å². The summed E-state index contributed by atoms with van der Waals surface area (Å²) < 4.78 is 43.5. The van der Waals surface area contributed by atoms with Crippen LogP contribution in [0.15, 0.2) is 42.5 Å². The second kappa shape index (κ2) is 6.52. The van der Waals surface area contributed by atoms with Crippen molar-refractivity contribution in [2.75, 3.05) is 5.32 Å². The molecule has 1 amide bonds. The van der Waals surface area contributed by atoms with Crippen LogP contribution in [-0.2, 0) is 0 Å². The molecule has 124 valence electrons. The van der Waals surface area contributed by atoms with Gasteiger partial charge >= 0.3 is 6.61 Å². The summed E-state index contributed by atoms with van der Waals surface area (Å²) in [5.41, 5.74) is 0.745. The predicted molar refractivity (Wildman–Crippen MR) is 87.5 cm³/mol. The van der Waals surface area contributed by atoms with Crippen LogP contribution in [0.2, 0.25) is 0 Å². The summed E-state index contributed by atoms with van der Waals surface area (Å²) >= 11 is 1.16. The first-order chi connectivity index (χ1) is 11.5. The predicted octanol–water partition coefficient (Wildman–Crippen LogP) is 5.20. The van der Waals surface area contributed by atoms with Crippen molar-refractivity contribution in [1.82, 2.24) is 0 Å². The van der Waals surface area contributed by atoms with Crippen LogP contribution in [0.4, 0.5) is 18.9 Å². The Labute approximate surface area is 139 Å². The van der Waals surface area contributed by atoms with E-state index in [0.717, 1.165) is 11.3 Å². The number of halogens is 3. The van der Waals surface area contributed by atoms with Crippen LogP contribution in [0.1, 0.15) is 15.2 Å². The highest BCUT2D eigenvalue weighted by molar-refractivity contribution is 7.20. The Kier molecular flexibility index (Phi) is 4.44. The fourth-order valence-electron chi connectivity index (χ4n) is 2.29. The van der Waals surface area contributed by atoms with Crippen molar-refractivity contribution in [2.45, 2.75) is 13.5 Å². The second-order valence-electron chi connectivity index (χ2n) is 5.02. The summed E-state index contributed by atoms with van der Waals surface area (Å²) in [6.45, 7) is -1.38. The topological polar surface area (TPSA) is 38.3 Å². The van der Waals surface area contributed by atoms with Gasteiger partial charge in [-0.3, -0.25) is 4.79 Å². The number of rotatable bonds is 4. The molecular weight excluding hydrogens is 339 g/mol. The number of alkyl halides is 2. The molecule has 0 spiro atoms. The Balaban J connectivity index is 1.87. The van der Waals surface area contributed by atoms with Gasteiger partial charge in [0.2, 0.25) is 0 Å². The third-order valence-corrected chi connectivity index (χ3v) is 4.58. The molecule has 0 fully saturated rings. The van der Waals surface area contributed by atoms with Crippen molar-refractivity contribution in [3.8, 4) is 5.75 Å². The molecule has 1 aromatic heterocycles. The van der Waals surface area contributed by atoms with E-state index < -0.39 is 18.3 Å². The van der Waals surface area contributed by atoms with E-state index in [1.165, 1.54) is 24.3 Å². The third kappa shape index (κ3) is 3.21. The smallest absolute Gasteiger partial charge is 0.387 e. The number of hydrogen-bond donors (Lipinski definition) is 1. The highest BCUT2D eigenvalue weighted by Gasteiger charge is 2.15. The molecule has 0 saturated heterocycles. The first-order valence-corrected chi connectivity index (χ1v) is 7.81. The zero-order valence-corrected chi connectivity index (χ0v) is 13.3. The summed E-state index contributed by atoms with van der Waals surface area (Å²) in [5.74, 6) is -0.843. The van der Waals surface area contributed by atoms with E-state index in [4.69, 9.17) is 0 Å². The highest BCUT2D eigenvalue weighted by atomic mass is 32.1. The summed E-state index contributed by atoms with van der Waals surface area (Å²) in [5, 5.41) is 3.02. The van der Waals surface area contributed by atoms with Crippen molar-refractivity contribution in [1.29, 1.82) is 0 Å². The average Bonchev–Trinajstić information content (AvgIpc) is 2.96. The minimum absolute atomic E-state index is 0.00909. The van der Waals surface area contributed by atoms with Gasteiger partial charge in [-0.2, -0.15) is 8.78 Å². The lowest BCUT2D eigenvalue weighted by Crippen LogP contribution is -2.12. The Bertz CT molecular complexity index is 908. The fraction of sp³-hybridized carbons (Fsp3) is 0.118. The SMILES string of the molecule is Cc1c(NC(=O)c2cc3c(F)cccc3s2)cccc1OC(F)F. The third-order valence-electron chi connectivity index (χ3n) is 3.48. The monoisotopic (exact) mass is 351 g/mol. The van der Waals surface area contributed by atoms with Crippen LogP contribution in [0.25, 0.3) is 10.1 Å². The number of nitrogens with one attached hydrogen (secondary N) is 1. The molecular formula is C17H12F3NO2S. The molecule has 3 nitrogen and oxygen atoms in total. The zero-order chi connectivity index (χ0) is 17.3. The number of carbonyl (C=O) groups is 1. The normalized spacial score (nSPS) is 11.0. The lowest BCUT2D eigenvalue weighted by atomic mass is 10.1. The molecule has 1 N–H and O–H groups in total. The first kappa shape index (κ1) is 16.3. The Morgan fingerprint density at radius 1 is 1.21 bits per heavy atom. The van der Waals surface area contributed by atoms with Gasteiger partial charge < -0.3 is 10.1 Å². The van der Waals surface area contributed by atoms with Gasteiger partial charge in [0.25, 0.3) is 5.91 Å². The maximum Gasteiger partial charge on any atom is 0.387 e. The second-order valence-corrected chi connectivity index (χ2v) is 6.11. The average molecular weight is 351 g/mol. The number of anilines is 1. The van der Waals surface area contributed by atoms with Gasteiger partial charge in [-0.05, 0) is 37.3 Å². The molecule has 3 rings (SSSR count). The Hall–Kier alpha value is -2.54. The molecule has 2 aromatic carbocycles. The maximum absolute atomic E-state index is 13.7. The molecule has 0 unspecified atom stereocenters. The van der Waals surface area contributed by atoms with Crippen LogP contribution in [-0.4, -0.2) is 12.5 Å². The number of hydrogen-bond acceptors (Lipinski definition) is 3. The van der Waals surface area contributed by atoms with E-state index in [1.807, 2.05) is 0 Å². The summed E-state index contributed by atoms with van der Waals surface area (Å²) in [7, 11) is 0. The lowest BCUT2D eigenvalue weighted by Gasteiger charge is -2.12. The summed E-state index contributed by atoms with van der Waals surface area (Å²) in [6.07, 6.45) is 0. The molecule has 0 bridgehead atoms. The van der Waals surface area contributed by atoms with E-state index in [9.17, 15) is 18.0 Å². The van der Waals surface area contributed by atoms with Crippen molar-refractivity contribution in [3.63, 3.8) is 0 Å². The van der Waals surface area contributed by atoms with Crippen LogP contribution in [0, 0.1) is 12.7 Å². The Morgan fingerprint density at radius 2 is 1.96 bits per heavy atom. The summed E-state index contributed by atoms with van der Waals surface area (Å²) in [6, 6.07) is 10.6. The van der Waals surface area contributed by atoms with Gasteiger partial charge in [-0.25, -0.2) is 4.39 Å². The number of fused-ring (bicyclic) bond motifs is 1. The van der Waals surface area contributed by atoms with Gasteiger partial charge in [-0.1, -0.05) is 12.1 Å². The van der Waals surface area contributed by atoms with Crippen molar-refractivity contribution in [2.24, 2.45) is 0 Å². The Morgan fingerprint density at radius 3 is 2.67 bits per heavy atom.